The predicted octanol–water partition coefficient (Wildman–Crippen LogP) is 5.60. The summed E-state index contributed by atoms with van der Waals surface area (Å²) in [4.78, 5) is 0. The SMILES string of the molecule is CN[C@@H]1CCC(c2ccc(Cl)c(Cl)c2)c2ccccc21.Cl. The Hall–Kier alpha value is -0.730. The quantitative estimate of drug-likeness (QED) is 0.749. The number of hydrogen-bond donors (Lipinski definition) is 1. The first-order valence-corrected chi connectivity index (χ1v) is 7.67. The number of fused-ring (bicyclic) bond motifs is 1. The number of rotatable bonds is 2. The van der Waals surface area contributed by atoms with E-state index in [-0.39, 0.29) is 12.4 Å². The van der Waals surface area contributed by atoms with Gasteiger partial charge in [-0.25, -0.2) is 0 Å². The van der Waals surface area contributed by atoms with Crippen LogP contribution in [0.3, 0.4) is 0 Å². The smallest absolute Gasteiger partial charge is 0.0595 e. The molecule has 0 saturated heterocycles. The molecule has 0 radical (unpaired) electrons. The first kappa shape index (κ1) is 16.6. The van der Waals surface area contributed by atoms with Gasteiger partial charge in [0.2, 0.25) is 0 Å². The monoisotopic (exact) mass is 341 g/mol. The van der Waals surface area contributed by atoms with E-state index >= 15 is 0 Å². The van der Waals surface area contributed by atoms with Gasteiger partial charge in [0, 0.05) is 12.0 Å². The summed E-state index contributed by atoms with van der Waals surface area (Å²) in [5.41, 5.74) is 4.05. The van der Waals surface area contributed by atoms with Gasteiger partial charge in [0.25, 0.3) is 0 Å². The second kappa shape index (κ2) is 7.02. The van der Waals surface area contributed by atoms with Crippen molar-refractivity contribution in [2.45, 2.75) is 24.8 Å². The zero-order chi connectivity index (χ0) is 14.1. The molecule has 0 heterocycles. The van der Waals surface area contributed by atoms with E-state index < -0.39 is 0 Å². The van der Waals surface area contributed by atoms with Gasteiger partial charge in [-0.05, 0) is 48.7 Å². The molecule has 1 N–H and O–H groups in total. The molecule has 2 aromatic rings. The van der Waals surface area contributed by atoms with Crippen LogP contribution < -0.4 is 5.32 Å². The van der Waals surface area contributed by atoms with Crippen LogP contribution in [-0.4, -0.2) is 7.05 Å². The van der Waals surface area contributed by atoms with Crippen molar-refractivity contribution in [3.8, 4) is 0 Å². The topological polar surface area (TPSA) is 12.0 Å². The Kier molecular flexibility index (Phi) is 5.56. The van der Waals surface area contributed by atoms with Crippen LogP contribution in [0.5, 0.6) is 0 Å². The molecule has 1 unspecified atom stereocenters. The van der Waals surface area contributed by atoms with Gasteiger partial charge < -0.3 is 5.32 Å². The molecule has 4 heteroatoms. The van der Waals surface area contributed by atoms with Crippen LogP contribution in [0, 0.1) is 0 Å². The van der Waals surface area contributed by atoms with Crippen LogP contribution in [0.1, 0.15) is 41.5 Å². The Morgan fingerprint density at radius 1 is 0.952 bits per heavy atom. The van der Waals surface area contributed by atoms with E-state index in [1.54, 1.807) is 0 Å². The zero-order valence-electron chi connectivity index (χ0n) is 11.8. The maximum Gasteiger partial charge on any atom is 0.0595 e. The van der Waals surface area contributed by atoms with E-state index in [1.165, 1.54) is 16.7 Å². The van der Waals surface area contributed by atoms with E-state index in [9.17, 15) is 0 Å². The Bertz CT molecular complexity index is 627. The second-order valence-corrected chi connectivity index (χ2v) is 6.09. The van der Waals surface area contributed by atoms with E-state index in [0.717, 1.165) is 12.8 Å². The fraction of sp³-hybridized carbons (Fsp3) is 0.294. The van der Waals surface area contributed by atoms with Crippen molar-refractivity contribution in [1.82, 2.24) is 5.32 Å². The largest absolute Gasteiger partial charge is 0.313 e. The molecule has 2 aromatic carbocycles. The molecule has 0 saturated carbocycles. The highest BCUT2D eigenvalue weighted by molar-refractivity contribution is 6.42. The Morgan fingerprint density at radius 3 is 2.33 bits per heavy atom. The maximum atomic E-state index is 6.17. The predicted molar refractivity (Wildman–Crippen MR) is 93.0 cm³/mol. The molecule has 0 amide bonds. The van der Waals surface area contributed by atoms with Crippen molar-refractivity contribution < 1.29 is 0 Å². The standard InChI is InChI=1S/C17H17Cl2N.ClH/c1-20-17-9-7-12(13-4-2-3-5-14(13)17)11-6-8-15(18)16(19)10-11;/h2-6,8,10,12,17,20H,7,9H2,1H3;1H/t12?,17-;/m1./s1. The molecule has 2 atom stereocenters. The minimum Gasteiger partial charge on any atom is -0.313 e. The van der Waals surface area contributed by atoms with E-state index in [4.69, 9.17) is 23.2 Å². The molecule has 1 aliphatic carbocycles. The first-order valence-electron chi connectivity index (χ1n) is 6.91. The minimum atomic E-state index is 0. The van der Waals surface area contributed by atoms with Gasteiger partial charge in [0.15, 0.2) is 0 Å². The van der Waals surface area contributed by atoms with Crippen LogP contribution in [-0.2, 0) is 0 Å². The van der Waals surface area contributed by atoms with Gasteiger partial charge in [-0.1, -0.05) is 53.5 Å². The van der Waals surface area contributed by atoms with Gasteiger partial charge in [0.1, 0.15) is 0 Å². The summed E-state index contributed by atoms with van der Waals surface area (Å²) in [6, 6.07) is 15.1. The molecule has 1 nitrogen and oxygen atoms in total. The van der Waals surface area contributed by atoms with E-state index in [2.05, 4.69) is 35.6 Å². The molecule has 1 aliphatic rings. The van der Waals surface area contributed by atoms with Crippen molar-refractivity contribution in [3.63, 3.8) is 0 Å². The Balaban J connectivity index is 0.00000161. The lowest BCUT2D eigenvalue weighted by Gasteiger charge is -2.32. The van der Waals surface area contributed by atoms with Gasteiger partial charge in [-0.15, -0.1) is 12.4 Å². The second-order valence-electron chi connectivity index (χ2n) is 5.27. The number of benzene rings is 2. The average Bonchev–Trinajstić information content (AvgIpc) is 2.49. The van der Waals surface area contributed by atoms with E-state index in [0.29, 0.717) is 22.0 Å². The van der Waals surface area contributed by atoms with Crippen molar-refractivity contribution in [1.29, 1.82) is 0 Å². The average molecular weight is 343 g/mol. The fourth-order valence-electron chi connectivity index (χ4n) is 3.17. The molecule has 3 rings (SSSR count). The Labute approximate surface area is 142 Å². The summed E-state index contributed by atoms with van der Waals surface area (Å²) in [7, 11) is 2.03. The molecule has 0 bridgehead atoms. The minimum absolute atomic E-state index is 0. The highest BCUT2D eigenvalue weighted by Crippen LogP contribution is 2.42. The first-order chi connectivity index (χ1) is 9.70. The van der Waals surface area contributed by atoms with Crippen molar-refractivity contribution >= 4 is 35.6 Å². The van der Waals surface area contributed by atoms with Crippen molar-refractivity contribution in [3.05, 3.63) is 69.2 Å². The summed E-state index contributed by atoms with van der Waals surface area (Å²) < 4.78 is 0. The molecule has 0 spiro atoms. The van der Waals surface area contributed by atoms with Crippen LogP contribution in [0.15, 0.2) is 42.5 Å². The summed E-state index contributed by atoms with van der Waals surface area (Å²) in [6.07, 6.45) is 2.26. The molecule has 112 valence electrons. The molecule has 0 aliphatic heterocycles. The van der Waals surface area contributed by atoms with Crippen LogP contribution in [0.2, 0.25) is 10.0 Å². The highest BCUT2D eigenvalue weighted by Gasteiger charge is 2.27. The third-order valence-corrected chi connectivity index (χ3v) is 4.92. The molecule has 0 fully saturated rings. The van der Waals surface area contributed by atoms with Crippen LogP contribution in [0.4, 0.5) is 0 Å². The summed E-state index contributed by atoms with van der Waals surface area (Å²) in [5, 5.41) is 4.66. The summed E-state index contributed by atoms with van der Waals surface area (Å²) >= 11 is 12.2. The molecular weight excluding hydrogens is 325 g/mol. The summed E-state index contributed by atoms with van der Waals surface area (Å²) in [5.74, 6) is 0.408. The van der Waals surface area contributed by atoms with Gasteiger partial charge >= 0.3 is 0 Å². The van der Waals surface area contributed by atoms with Gasteiger partial charge in [0.05, 0.1) is 10.0 Å². The van der Waals surface area contributed by atoms with Gasteiger partial charge in [-0.2, -0.15) is 0 Å². The number of halogens is 3. The molecule has 21 heavy (non-hydrogen) atoms. The van der Waals surface area contributed by atoms with E-state index in [1.807, 2.05) is 19.2 Å². The third-order valence-electron chi connectivity index (χ3n) is 4.19. The van der Waals surface area contributed by atoms with Crippen LogP contribution >= 0.6 is 35.6 Å². The van der Waals surface area contributed by atoms with Crippen LogP contribution in [0.25, 0.3) is 0 Å². The lowest BCUT2D eigenvalue weighted by atomic mass is 9.77. The lowest BCUT2D eigenvalue weighted by molar-refractivity contribution is 0.471. The maximum absolute atomic E-state index is 6.17. The zero-order valence-corrected chi connectivity index (χ0v) is 14.1. The summed E-state index contributed by atoms with van der Waals surface area (Å²) in [6.45, 7) is 0. The number of hydrogen-bond acceptors (Lipinski definition) is 1. The molecule has 0 aromatic heterocycles. The third kappa shape index (κ3) is 3.22. The highest BCUT2D eigenvalue weighted by atomic mass is 35.5. The molecular formula is C17H18Cl3N. The lowest BCUT2D eigenvalue weighted by Crippen LogP contribution is -2.24. The normalized spacial score (nSPS) is 20.5. The van der Waals surface area contributed by atoms with Gasteiger partial charge in [-0.3, -0.25) is 0 Å². The van der Waals surface area contributed by atoms with Crippen molar-refractivity contribution in [2.75, 3.05) is 7.05 Å². The van der Waals surface area contributed by atoms with Crippen molar-refractivity contribution in [2.24, 2.45) is 0 Å². The number of nitrogens with one attached hydrogen (secondary N) is 1. The Morgan fingerprint density at radius 2 is 1.67 bits per heavy atom. The fourth-order valence-corrected chi connectivity index (χ4v) is 3.47.